The average Bonchev–Trinajstić information content (AvgIpc) is 2.93. The van der Waals surface area contributed by atoms with Crippen molar-refractivity contribution in [2.75, 3.05) is 6.54 Å². The largest absolute Gasteiger partial charge is 0.310 e. The number of aryl methyl sites for hydroxylation is 1. The lowest BCUT2D eigenvalue weighted by Crippen LogP contribution is -2.28. The Morgan fingerprint density at radius 2 is 2.06 bits per heavy atom. The number of rotatable bonds is 3. The summed E-state index contributed by atoms with van der Waals surface area (Å²) in [5, 5.41) is 3.82. The van der Waals surface area contributed by atoms with Crippen LogP contribution in [0.4, 0.5) is 0 Å². The van der Waals surface area contributed by atoms with Gasteiger partial charge < -0.3 is 5.32 Å². The number of fused-ring (bicyclic) bond motifs is 1. The lowest BCUT2D eigenvalue weighted by atomic mass is 9.93. The third-order valence-electron chi connectivity index (χ3n) is 4.21. The predicted molar refractivity (Wildman–Crippen MR) is 77.7 cm³/mol. The van der Waals surface area contributed by atoms with Gasteiger partial charge in [-0.05, 0) is 72.1 Å². The van der Waals surface area contributed by atoms with Gasteiger partial charge in [-0.1, -0.05) is 12.8 Å². The molecular weight excluding hydrogens is 294 g/mol. The molecule has 1 unspecified atom stereocenters. The van der Waals surface area contributed by atoms with Gasteiger partial charge in [-0.3, -0.25) is 0 Å². The first kappa shape index (κ1) is 12.2. The highest BCUT2D eigenvalue weighted by atomic mass is 79.9. The molecule has 1 fully saturated rings. The van der Waals surface area contributed by atoms with Crippen molar-refractivity contribution in [1.29, 1.82) is 0 Å². The molecule has 1 nitrogen and oxygen atoms in total. The third kappa shape index (κ3) is 2.77. The van der Waals surface area contributed by atoms with E-state index in [1.807, 2.05) is 11.3 Å². The first-order chi connectivity index (χ1) is 8.33. The van der Waals surface area contributed by atoms with E-state index in [9.17, 15) is 0 Å². The van der Waals surface area contributed by atoms with Crippen molar-refractivity contribution in [3.05, 3.63) is 20.3 Å². The molecule has 94 valence electrons. The fourth-order valence-electron chi connectivity index (χ4n) is 3.26. The van der Waals surface area contributed by atoms with Crippen molar-refractivity contribution in [2.24, 2.45) is 5.92 Å². The van der Waals surface area contributed by atoms with Crippen molar-refractivity contribution in [2.45, 2.75) is 51.0 Å². The van der Waals surface area contributed by atoms with E-state index in [1.165, 1.54) is 55.3 Å². The lowest BCUT2D eigenvalue weighted by Gasteiger charge is -2.25. The second kappa shape index (κ2) is 5.41. The molecule has 2 aliphatic carbocycles. The van der Waals surface area contributed by atoms with Crippen LogP contribution in [0.3, 0.4) is 0 Å². The molecule has 1 saturated carbocycles. The van der Waals surface area contributed by atoms with Crippen LogP contribution < -0.4 is 5.32 Å². The maximum atomic E-state index is 3.82. The molecular formula is C14H20BrNS. The zero-order valence-electron chi connectivity index (χ0n) is 10.2. The molecule has 2 aliphatic rings. The maximum absolute atomic E-state index is 3.82. The summed E-state index contributed by atoms with van der Waals surface area (Å²) in [5.41, 5.74) is 1.58. The number of thiophene rings is 1. The van der Waals surface area contributed by atoms with Crippen molar-refractivity contribution in [3.8, 4) is 0 Å². The van der Waals surface area contributed by atoms with Gasteiger partial charge in [-0.2, -0.15) is 0 Å². The molecule has 0 aromatic carbocycles. The molecule has 1 aromatic heterocycles. The van der Waals surface area contributed by atoms with E-state index in [1.54, 1.807) is 10.4 Å². The summed E-state index contributed by atoms with van der Waals surface area (Å²) in [7, 11) is 0. The van der Waals surface area contributed by atoms with Crippen LogP contribution in [0, 0.1) is 5.92 Å². The molecule has 1 N–H and O–H groups in total. The molecule has 0 radical (unpaired) electrons. The van der Waals surface area contributed by atoms with Crippen molar-refractivity contribution in [3.63, 3.8) is 0 Å². The molecule has 1 aromatic rings. The molecule has 1 atom stereocenters. The van der Waals surface area contributed by atoms with E-state index >= 15 is 0 Å². The highest BCUT2D eigenvalue weighted by Gasteiger charge is 2.23. The third-order valence-corrected chi connectivity index (χ3v) is 5.92. The number of hydrogen-bond acceptors (Lipinski definition) is 2. The van der Waals surface area contributed by atoms with E-state index < -0.39 is 0 Å². The molecule has 3 rings (SSSR count). The van der Waals surface area contributed by atoms with Gasteiger partial charge in [0.15, 0.2) is 0 Å². The number of nitrogens with one attached hydrogen (secondary N) is 1. The smallest absolute Gasteiger partial charge is 0.0704 e. The second-order valence-electron chi connectivity index (χ2n) is 5.43. The average molecular weight is 314 g/mol. The molecule has 0 aliphatic heterocycles. The van der Waals surface area contributed by atoms with E-state index in [2.05, 4.69) is 27.3 Å². The zero-order valence-corrected chi connectivity index (χ0v) is 12.6. The Kier molecular flexibility index (Phi) is 3.88. The quantitative estimate of drug-likeness (QED) is 0.855. The summed E-state index contributed by atoms with van der Waals surface area (Å²) in [6.45, 7) is 1.23. The molecule has 17 heavy (non-hydrogen) atoms. The van der Waals surface area contributed by atoms with Crippen LogP contribution in [0.15, 0.2) is 9.85 Å². The summed E-state index contributed by atoms with van der Waals surface area (Å²) in [6, 6.07) is 2.97. The second-order valence-corrected chi connectivity index (χ2v) is 7.95. The van der Waals surface area contributed by atoms with Gasteiger partial charge in [0.25, 0.3) is 0 Å². The predicted octanol–water partition coefficient (Wildman–Crippen LogP) is 4.67. The topological polar surface area (TPSA) is 12.0 Å². The zero-order chi connectivity index (χ0) is 11.7. The Hall–Kier alpha value is 0.140. The van der Waals surface area contributed by atoms with E-state index in [4.69, 9.17) is 0 Å². The van der Waals surface area contributed by atoms with E-state index in [-0.39, 0.29) is 0 Å². The number of hydrogen-bond donors (Lipinski definition) is 1. The first-order valence-corrected chi connectivity index (χ1v) is 8.45. The van der Waals surface area contributed by atoms with Crippen LogP contribution in [-0.4, -0.2) is 6.54 Å². The van der Waals surface area contributed by atoms with Gasteiger partial charge in [-0.15, -0.1) is 11.3 Å². The lowest BCUT2D eigenvalue weighted by molar-refractivity contribution is 0.406. The fraction of sp³-hybridized carbons (Fsp3) is 0.714. The van der Waals surface area contributed by atoms with E-state index in [0.717, 1.165) is 5.92 Å². The Morgan fingerprint density at radius 3 is 2.88 bits per heavy atom. The normalized spacial score (nSPS) is 25.1. The minimum absolute atomic E-state index is 0.627. The molecule has 0 amide bonds. The van der Waals surface area contributed by atoms with Gasteiger partial charge in [0, 0.05) is 10.9 Å². The van der Waals surface area contributed by atoms with Gasteiger partial charge in [0.1, 0.15) is 0 Å². The fourth-order valence-corrected chi connectivity index (χ4v) is 5.08. The Labute approximate surface area is 116 Å². The van der Waals surface area contributed by atoms with Crippen LogP contribution in [0.25, 0.3) is 0 Å². The van der Waals surface area contributed by atoms with Crippen LogP contribution in [0.5, 0.6) is 0 Å². The highest BCUT2D eigenvalue weighted by molar-refractivity contribution is 9.11. The van der Waals surface area contributed by atoms with Gasteiger partial charge in [0.2, 0.25) is 0 Å². The summed E-state index contributed by atoms with van der Waals surface area (Å²) in [6.07, 6.45) is 9.75. The minimum Gasteiger partial charge on any atom is -0.310 e. The molecule has 1 heterocycles. The number of halogens is 1. The Balaban J connectivity index is 1.63. The van der Waals surface area contributed by atoms with Crippen molar-refractivity contribution < 1.29 is 0 Å². The minimum atomic E-state index is 0.627. The van der Waals surface area contributed by atoms with Crippen LogP contribution >= 0.6 is 27.3 Å². The van der Waals surface area contributed by atoms with Crippen LogP contribution in [0.2, 0.25) is 0 Å². The highest BCUT2D eigenvalue weighted by Crippen LogP contribution is 2.38. The standard InChI is InChI=1S/C14H20BrNS/c15-14-8-11-12(6-3-7-13(11)17-14)16-9-10-4-1-2-5-10/h8,10,12,16H,1-7,9H2. The van der Waals surface area contributed by atoms with E-state index in [0.29, 0.717) is 6.04 Å². The molecule has 0 bridgehead atoms. The monoisotopic (exact) mass is 313 g/mol. The Bertz CT molecular complexity index is 382. The van der Waals surface area contributed by atoms with Crippen LogP contribution in [0.1, 0.15) is 55.0 Å². The van der Waals surface area contributed by atoms with Gasteiger partial charge in [0.05, 0.1) is 3.79 Å². The molecule has 0 saturated heterocycles. The maximum Gasteiger partial charge on any atom is 0.0704 e. The molecule has 0 spiro atoms. The van der Waals surface area contributed by atoms with Crippen LogP contribution in [-0.2, 0) is 6.42 Å². The summed E-state index contributed by atoms with van der Waals surface area (Å²) in [5.74, 6) is 0.947. The molecule has 3 heteroatoms. The van der Waals surface area contributed by atoms with Crippen molar-refractivity contribution in [1.82, 2.24) is 5.32 Å². The van der Waals surface area contributed by atoms with Gasteiger partial charge >= 0.3 is 0 Å². The Morgan fingerprint density at radius 1 is 1.24 bits per heavy atom. The SMILES string of the molecule is Brc1cc2c(s1)CCCC2NCC1CCCC1. The first-order valence-electron chi connectivity index (χ1n) is 6.84. The van der Waals surface area contributed by atoms with Crippen molar-refractivity contribution >= 4 is 27.3 Å². The van der Waals surface area contributed by atoms with Gasteiger partial charge in [-0.25, -0.2) is 0 Å². The summed E-state index contributed by atoms with van der Waals surface area (Å²) in [4.78, 5) is 1.60. The summed E-state index contributed by atoms with van der Waals surface area (Å²) >= 11 is 5.56. The summed E-state index contributed by atoms with van der Waals surface area (Å²) < 4.78 is 1.30.